The lowest BCUT2D eigenvalue weighted by Gasteiger charge is -2.25. The summed E-state index contributed by atoms with van der Waals surface area (Å²) >= 11 is 0. The van der Waals surface area contributed by atoms with Gasteiger partial charge >= 0.3 is 0 Å². The predicted octanol–water partition coefficient (Wildman–Crippen LogP) is 10.2. The van der Waals surface area contributed by atoms with Crippen molar-refractivity contribution in [3.8, 4) is 44.5 Å². The number of anilines is 2. The van der Waals surface area contributed by atoms with Crippen LogP contribution in [0.2, 0.25) is 0 Å². The molecule has 3 N–H and O–H groups in total. The zero-order valence-electron chi connectivity index (χ0n) is 24.9. The summed E-state index contributed by atoms with van der Waals surface area (Å²) in [4.78, 5) is 18.9. The quantitative estimate of drug-likeness (QED) is 0.117. The molecule has 0 aliphatic heterocycles. The van der Waals surface area contributed by atoms with Gasteiger partial charge < -0.3 is 11.1 Å². The SMILES string of the molecule is C=C(C)C(=O)Nc1c(-c2cc(N)ccc2-c2ccccc2)c(-c2ccccc2)c(-c2ccccc2)c2nc3ccccc3cc12. The number of carbonyl (C=O) groups is 1. The molecule has 4 heteroatoms. The van der Waals surface area contributed by atoms with Crippen molar-refractivity contribution in [3.05, 3.63) is 152 Å². The second-order valence-corrected chi connectivity index (χ2v) is 11.2. The Hall–Kier alpha value is -6.00. The first-order chi connectivity index (χ1) is 22.0. The van der Waals surface area contributed by atoms with Gasteiger partial charge in [-0.25, -0.2) is 4.98 Å². The molecule has 7 aromatic rings. The van der Waals surface area contributed by atoms with Gasteiger partial charge in [-0.05, 0) is 59.0 Å². The molecule has 0 bridgehead atoms. The Morgan fingerprint density at radius 2 is 1.22 bits per heavy atom. The maximum Gasteiger partial charge on any atom is 0.250 e. The summed E-state index contributed by atoms with van der Waals surface area (Å²) in [5, 5.41) is 5.09. The van der Waals surface area contributed by atoms with Crippen LogP contribution in [-0.4, -0.2) is 10.9 Å². The van der Waals surface area contributed by atoms with Crippen LogP contribution < -0.4 is 11.1 Å². The summed E-state index contributed by atoms with van der Waals surface area (Å²) in [5.74, 6) is -0.262. The minimum absolute atomic E-state index is 0.262. The first-order valence-electron chi connectivity index (χ1n) is 14.9. The van der Waals surface area contributed by atoms with E-state index in [2.05, 4.69) is 66.5 Å². The first kappa shape index (κ1) is 27.8. The van der Waals surface area contributed by atoms with Crippen molar-refractivity contribution in [2.75, 3.05) is 11.1 Å². The molecule has 4 nitrogen and oxygen atoms in total. The number of fused-ring (bicyclic) bond motifs is 2. The van der Waals surface area contributed by atoms with Crippen LogP contribution in [0.4, 0.5) is 11.4 Å². The van der Waals surface area contributed by atoms with Crippen LogP contribution >= 0.6 is 0 Å². The number of carbonyl (C=O) groups excluding carboxylic acids is 1. The lowest BCUT2D eigenvalue weighted by atomic mass is 9.81. The first-order valence-corrected chi connectivity index (χ1v) is 14.9. The number of pyridine rings is 1. The highest BCUT2D eigenvalue weighted by atomic mass is 16.1. The highest BCUT2D eigenvalue weighted by Crippen LogP contribution is 2.52. The molecule has 7 rings (SSSR count). The minimum Gasteiger partial charge on any atom is -0.399 e. The van der Waals surface area contributed by atoms with Gasteiger partial charge in [0.15, 0.2) is 0 Å². The molecule has 6 aromatic carbocycles. The number of amides is 1. The second-order valence-electron chi connectivity index (χ2n) is 11.2. The second kappa shape index (κ2) is 11.6. The molecule has 0 unspecified atom stereocenters. The third kappa shape index (κ3) is 5.13. The van der Waals surface area contributed by atoms with Crippen molar-refractivity contribution in [2.45, 2.75) is 6.92 Å². The molecular weight excluding hydrogens is 550 g/mol. The summed E-state index contributed by atoms with van der Waals surface area (Å²) in [6.07, 6.45) is 0. The van der Waals surface area contributed by atoms with E-state index >= 15 is 0 Å². The Kier molecular flexibility index (Phi) is 7.16. The summed E-state index contributed by atoms with van der Waals surface area (Å²) < 4.78 is 0. The number of aromatic nitrogens is 1. The van der Waals surface area contributed by atoms with E-state index in [9.17, 15) is 4.79 Å². The van der Waals surface area contributed by atoms with Gasteiger partial charge in [0, 0.05) is 38.7 Å². The van der Waals surface area contributed by atoms with E-state index < -0.39 is 0 Å². The van der Waals surface area contributed by atoms with Crippen molar-refractivity contribution in [1.29, 1.82) is 0 Å². The van der Waals surface area contributed by atoms with E-state index in [-0.39, 0.29) is 5.91 Å². The van der Waals surface area contributed by atoms with E-state index in [1.807, 2.05) is 84.9 Å². The lowest BCUT2D eigenvalue weighted by Crippen LogP contribution is -2.14. The fourth-order valence-electron chi connectivity index (χ4n) is 6.04. The Morgan fingerprint density at radius 1 is 0.644 bits per heavy atom. The Bertz CT molecular complexity index is 2220. The van der Waals surface area contributed by atoms with Crippen LogP contribution in [0.1, 0.15) is 6.92 Å². The number of nitrogens with one attached hydrogen (secondary N) is 1. The number of nitrogens with two attached hydrogens (primary N) is 1. The topological polar surface area (TPSA) is 68.0 Å². The van der Waals surface area contributed by atoms with Crippen LogP contribution in [-0.2, 0) is 4.79 Å². The van der Waals surface area contributed by atoms with Gasteiger partial charge in [-0.1, -0.05) is 122 Å². The van der Waals surface area contributed by atoms with Gasteiger partial charge in [0.05, 0.1) is 16.7 Å². The van der Waals surface area contributed by atoms with Gasteiger partial charge in [0.1, 0.15) is 0 Å². The smallest absolute Gasteiger partial charge is 0.250 e. The number of nitrogens with zero attached hydrogens (tertiary/aromatic N) is 1. The number of para-hydroxylation sites is 1. The van der Waals surface area contributed by atoms with E-state index in [0.717, 1.165) is 66.3 Å². The molecule has 1 aromatic heterocycles. The van der Waals surface area contributed by atoms with Gasteiger partial charge in [0.25, 0.3) is 5.91 Å². The average molecular weight is 582 g/mol. The third-order valence-electron chi connectivity index (χ3n) is 8.13. The molecule has 216 valence electrons. The largest absolute Gasteiger partial charge is 0.399 e. The summed E-state index contributed by atoms with van der Waals surface area (Å²) in [7, 11) is 0. The zero-order valence-corrected chi connectivity index (χ0v) is 24.9. The highest BCUT2D eigenvalue weighted by molar-refractivity contribution is 6.22. The third-order valence-corrected chi connectivity index (χ3v) is 8.13. The van der Waals surface area contributed by atoms with Crippen molar-refractivity contribution in [1.82, 2.24) is 4.98 Å². The fraction of sp³-hybridized carbons (Fsp3) is 0.0244. The van der Waals surface area contributed by atoms with Crippen LogP contribution in [0.5, 0.6) is 0 Å². The number of nitrogen functional groups attached to an aromatic ring is 1. The highest BCUT2D eigenvalue weighted by Gasteiger charge is 2.27. The standard InChI is InChI=1S/C41H31N3O/c1-26(2)41(45)44-40-34-24-30-20-12-13-21-35(30)43-39(34)37(29-18-10-5-11-19-29)36(28-16-8-4-9-17-28)38(40)33-25-31(42)22-23-32(33)27-14-6-3-7-15-27/h3-25H,1,42H2,2H3,(H,44,45). The number of hydrogen-bond donors (Lipinski definition) is 2. The average Bonchev–Trinajstić information content (AvgIpc) is 3.08. The fourth-order valence-corrected chi connectivity index (χ4v) is 6.04. The monoisotopic (exact) mass is 581 g/mol. The number of rotatable bonds is 6. The summed E-state index contributed by atoms with van der Waals surface area (Å²) in [5.41, 5.74) is 17.7. The normalized spacial score (nSPS) is 11.0. The minimum atomic E-state index is -0.262. The molecule has 1 heterocycles. The van der Waals surface area contributed by atoms with Crippen LogP contribution in [0.15, 0.2) is 152 Å². The van der Waals surface area contributed by atoms with E-state index in [1.165, 1.54) is 0 Å². The Labute approximate surface area is 262 Å². The Balaban J connectivity index is 1.76. The van der Waals surface area contributed by atoms with Crippen molar-refractivity contribution < 1.29 is 4.79 Å². The molecule has 45 heavy (non-hydrogen) atoms. The van der Waals surface area contributed by atoms with Crippen LogP contribution in [0.3, 0.4) is 0 Å². The van der Waals surface area contributed by atoms with E-state index in [0.29, 0.717) is 16.9 Å². The van der Waals surface area contributed by atoms with Gasteiger partial charge in [-0.2, -0.15) is 0 Å². The molecular formula is C41H31N3O. The van der Waals surface area contributed by atoms with E-state index in [4.69, 9.17) is 10.7 Å². The lowest BCUT2D eigenvalue weighted by molar-refractivity contribution is -0.112. The predicted molar refractivity (Wildman–Crippen MR) is 189 cm³/mol. The maximum atomic E-state index is 13.6. The number of benzene rings is 6. The zero-order chi connectivity index (χ0) is 30.9. The van der Waals surface area contributed by atoms with Gasteiger partial charge in [-0.3, -0.25) is 4.79 Å². The van der Waals surface area contributed by atoms with Crippen molar-refractivity contribution in [2.24, 2.45) is 0 Å². The molecule has 0 saturated heterocycles. The molecule has 0 aliphatic rings. The summed E-state index contributed by atoms with van der Waals surface area (Å²) in [6.45, 7) is 5.68. The van der Waals surface area contributed by atoms with Crippen LogP contribution in [0.25, 0.3) is 66.3 Å². The molecule has 1 amide bonds. The maximum absolute atomic E-state index is 13.6. The van der Waals surface area contributed by atoms with Crippen LogP contribution in [0, 0.1) is 0 Å². The molecule has 0 saturated carbocycles. The molecule has 0 atom stereocenters. The molecule has 0 spiro atoms. The van der Waals surface area contributed by atoms with Gasteiger partial charge in [-0.15, -0.1) is 0 Å². The van der Waals surface area contributed by atoms with Gasteiger partial charge in [0.2, 0.25) is 0 Å². The van der Waals surface area contributed by atoms with Crippen molar-refractivity contribution in [3.63, 3.8) is 0 Å². The Morgan fingerprint density at radius 3 is 1.87 bits per heavy atom. The molecule has 0 fully saturated rings. The number of hydrogen-bond acceptors (Lipinski definition) is 3. The van der Waals surface area contributed by atoms with Crippen molar-refractivity contribution >= 4 is 39.1 Å². The molecule has 0 aliphatic carbocycles. The molecule has 0 radical (unpaired) electrons. The summed E-state index contributed by atoms with van der Waals surface area (Å²) in [6, 6.07) is 47.1. The van der Waals surface area contributed by atoms with E-state index in [1.54, 1.807) is 6.92 Å².